The summed E-state index contributed by atoms with van der Waals surface area (Å²) in [7, 11) is 0. The normalized spacial score (nSPS) is 13.3. The van der Waals surface area contributed by atoms with Gasteiger partial charge in [0.1, 0.15) is 13.2 Å². The molecule has 6 heteroatoms. The van der Waals surface area contributed by atoms with E-state index in [0.29, 0.717) is 19.3 Å². The molecule has 0 aromatic carbocycles. The maximum atomic E-state index is 12.8. The molecule has 71 heavy (non-hydrogen) atoms. The van der Waals surface area contributed by atoms with Gasteiger partial charge in [-0.15, -0.1) is 0 Å². The summed E-state index contributed by atoms with van der Waals surface area (Å²) in [6.07, 6.45) is 83.9. The Morgan fingerprint density at radius 2 is 0.592 bits per heavy atom. The lowest BCUT2D eigenvalue weighted by molar-refractivity contribution is -0.166. The van der Waals surface area contributed by atoms with Crippen LogP contribution < -0.4 is 0 Å². The van der Waals surface area contributed by atoms with Crippen molar-refractivity contribution < 1.29 is 28.6 Å². The van der Waals surface area contributed by atoms with Gasteiger partial charge in [-0.25, -0.2) is 0 Å². The van der Waals surface area contributed by atoms with Gasteiger partial charge in [0.05, 0.1) is 0 Å². The van der Waals surface area contributed by atoms with Crippen molar-refractivity contribution in [1.29, 1.82) is 0 Å². The molecule has 6 nitrogen and oxygen atoms in total. The van der Waals surface area contributed by atoms with Crippen molar-refractivity contribution in [2.75, 3.05) is 13.2 Å². The van der Waals surface area contributed by atoms with Crippen LogP contribution in [-0.2, 0) is 28.6 Å². The summed E-state index contributed by atoms with van der Waals surface area (Å²) in [4.78, 5) is 38.1. The lowest BCUT2D eigenvalue weighted by Gasteiger charge is -2.18. The molecule has 0 saturated heterocycles. The summed E-state index contributed by atoms with van der Waals surface area (Å²) in [5, 5.41) is 0. The van der Waals surface area contributed by atoms with Gasteiger partial charge in [-0.2, -0.15) is 0 Å². The van der Waals surface area contributed by atoms with E-state index in [1.165, 1.54) is 51.4 Å². The van der Waals surface area contributed by atoms with Crippen LogP contribution >= 0.6 is 0 Å². The molecule has 0 aliphatic heterocycles. The Hall–Kier alpha value is -4.97. The molecule has 0 N–H and O–H groups in total. The SMILES string of the molecule is CC/C=C\C/C=C\C/C=C\C/C=C\C/C=C\C/C=C\CCC(=O)OC[C@@H](COC(=O)CCCCCCCCC/C=C\C/C=C\CCCCC)OC(=O)CCC/C=C\C/C=C\C/C=C\C/C=C\C/C=C\CC. The van der Waals surface area contributed by atoms with Crippen molar-refractivity contribution in [3.8, 4) is 0 Å². The summed E-state index contributed by atoms with van der Waals surface area (Å²) in [5.41, 5.74) is 0. The van der Waals surface area contributed by atoms with Crippen molar-refractivity contribution in [3.63, 3.8) is 0 Å². The average molecular weight is 978 g/mol. The highest BCUT2D eigenvalue weighted by Crippen LogP contribution is 2.12. The Bertz CT molecular complexity index is 1640. The molecule has 0 fully saturated rings. The maximum absolute atomic E-state index is 12.8. The van der Waals surface area contributed by atoms with Crippen LogP contribution in [0.5, 0.6) is 0 Å². The molecule has 0 unspecified atom stereocenters. The number of esters is 3. The number of hydrogen-bond donors (Lipinski definition) is 0. The van der Waals surface area contributed by atoms with Crippen LogP contribution in [-0.4, -0.2) is 37.2 Å². The highest BCUT2D eigenvalue weighted by atomic mass is 16.6. The monoisotopic (exact) mass is 977 g/mol. The standard InChI is InChI=1S/C65H100O6/c1-4-7-10-13-16-19-22-25-28-31-32-35-37-40-43-46-49-52-55-58-64(67)70-61-62(71-65(68)59-56-53-50-47-44-41-38-34-30-27-24-21-18-15-12-9-6-3)60-69-63(66)57-54-51-48-45-42-39-36-33-29-26-23-20-17-14-11-8-5-2/h7,9-10,12,16-21,25-30,32,35,38,40-41,43,47,49-50,52,62H,4-6,8,11,13-15,22-24,31,33-34,36-37,39,42,44-46,48,51,53-61H2,1-3H3/b10-7-,12-9-,19-16-,20-17-,21-18-,28-25-,29-26-,30-27-,35-32-,41-38-,43-40-,50-47-,52-49-/t62-/m1/s1. The van der Waals surface area contributed by atoms with Crippen LogP contribution in [0.3, 0.4) is 0 Å². The second-order valence-electron chi connectivity index (χ2n) is 17.7. The van der Waals surface area contributed by atoms with Crippen LogP contribution in [0.15, 0.2) is 158 Å². The third kappa shape index (κ3) is 55.8. The quantitative estimate of drug-likeness (QED) is 0.0262. The fourth-order valence-electron chi connectivity index (χ4n) is 6.89. The van der Waals surface area contributed by atoms with Gasteiger partial charge in [0, 0.05) is 19.3 Å². The number of carbonyl (C=O) groups is 3. The second kappa shape index (κ2) is 57.6. The first-order valence-corrected chi connectivity index (χ1v) is 28.0. The second-order valence-corrected chi connectivity index (χ2v) is 17.7. The Morgan fingerprint density at radius 3 is 0.986 bits per heavy atom. The van der Waals surface area contributed by atoms with Crippen LogP contribution in [0.25, 0.3) is 0 Å². The highest BCUT2D eigenvalue weighted by molar-refractivity contribution is 5.71. The third-order valence-electron chi connectivity index (χ3n) is 11.0. The first kappa shape index (κ1) is 66.0. The molecular formula is C65H100O6. The maximum Gasteiger partial charge on any atom is 0.306 e. The smallest absolute Gasteiger partial charge is 0.306 e. The van der Waals surface area contributed by atoms with Gasteiger partial charge >= 0.3 is 17.9 Å². The molecule has 0 bridgehead atoms. The van der Waals surface area contributed by atoms with E-state index < -0.39 is 12.1 Å². The van der Waals surface area contributed by atoms with E-state index in [-0.39, 0.29) is 38.0 Å². The minimum Gasteiger partial charge on any atom is -0.462 e. The van der Waals surface area contributed by atoms with Gasteiger partial charge in [-0.1, -0.05) is 224 Å². The molecule has 0 aromatic heterocycles. The summed E-state index contributed by atoms with van der Waals surface area (Å²) in [5.74, 6) is -1.10. The van der Waals surface area contributed by atoms with Gasteiger partial charge < -0.3 is 14.2 Å². The van der Waals surface area contributed by atoms with Crippen molar-refractivity contribution in [2.24, 2.45) is 0 Å². The molecule has 0 saturated carbocycles. The average Bonchev–Trinajstić information content (AvgIpc) is 3.37. The molecule has 0 spiro atoms. The number of carbonyl (C=O) groups excluding carboxylic acids is 3. The number of hydrogen-bond acceptors (Lipinski definition) is 6. The molecule has 0 aliphatic carbocycles. The molecular weight excluding hydrogens is 877 g/mol. The molecule has 0 rings (SSSR count). The van der Waals surface area contributed by atoms with E-state index in [1.54, 1.807) is 0 Å². The highest BCUT2D eigenvalue weighted by Gasteiger charge is 2.19. The molecule has 0 aliphatic rings. The molecule has 0 amide bonds. The Morgan fingerprint density at radius 1 is 0.296 bits per heavy atom. The Balaban J connectivity index is 4.64. The Labute approximate surface area is 435 Å². The summed E-state index contributed by atoms with van der Waals surface area (Å²) in [6, 6.07) is 0. The van der Waals surface area contributed by atoms with E-state index in [1.807, 2.05) is 12.2 Å². The predicted molar refractivity (Wildman–Crippen MR) is 306 cm³/mol. The van der Waals surface area contributed by atoms with Crippen LogP contribution in [0.1, 0.15) is 213 Å². The van der Waals surface area contributed by atoms with Crippen molar-refractivity contribution in [2.45, 2.75) is 219 Å². The van der Waals surface area contributed by atoms with Gasteiger partial charge in [0.2, 0.25) is 0 Å². The first-order valence-electron chi connectivity index (χ1n) is 28.0. The summed E-state index contributed by atoms with van der Waals surface area (Å²) < 4.78 is 16.7. The number of rotatable bonds is 48. The van der Waals surface area contributed by atoms with Crippen LogP contribution in [0.2, 0.25) is 0 Å². The third-order valence-corrected chi connectivity index (χ3v) is 11.0. The lowest BCUT2D eigenvalue weighted by atomic mass is 10.1. The van der Waals surface area contributed by atoms with Gasteiger partial charge in [-0.3, -0.25) is 14.4 Å². The number of unbranched alkanes of at least 4 members (excludes halogenated alkanes) is 11. The van der Waals surface area contributed by atoms with E-state index in [9.17, 15) is 14.4 Å². The summed E-state index contributed by atoms with van der Waals surface area (Å²) >= 11 is 0. The van der Waals surface area contributed by atoms with Gasteiger partial charge in [0.15, 0.2) is 6.10 Å². The van der Waals surface area contributed by atoms with Crippen LogP contribution in [0.4, 0.5) is 0 Å². The minimum absolute atomic E-state index is 0.135. The van der Waals surface area contributed by atoms with E-state index in [0.717, 1.165) is 109 Å². The largest absolute Gasteiger partial charge is 0.462 e. The fraction of sp³-hybridized carbons (Fsp3) is 0.554. The molecule has 396 valence electrons. The fourth-order valence-corrected chi connectivity index (χ4v) is 6.89. The zero-order valence-electron chi connectivity index (χ0n) is 45.2. The van der Waals surface area contributed by atoms with Gasteiger partial charge in [-0.05, 0) is 128 Å². The van der Waals surface area contributed by atoms with Crippen molar-refractivity contribution in [1.82, 2.24) is 0 Å². The topological polar surface area (TPSA) is 78.9 Å². The van der Waals surface area contributed by atoms with Crippen molar-refractivity contribution >= 4 is 17.9 Å². The lowest BCUT2D eigenvalue weighted by Crippen LogP contribution is -2.30. The van der Waals surface area contributed by atoms with Crippen molar-refractivity contribution in [3.05, 3.63) is 158 Å². The minimum atomic E-state index is -0.850. The van der Waals surface area contributed by atoms with E-state index >= 15 is 0 Å². The summed E-state index contributed by atoms with van der Waals surface area (Å²) in [6.45, 7) is 6.25. The number of ether oxygens (including phenoxy) is 3. The Kier molecular flexibility index (Phi) is 53.6. The predicted octanol–water partition coefficient (Wildman–Crippen LogP) is 19.0. The zero-order valence-corrected chi connectivity index (χ0v) is 45.2. The van der Waals surface area contributed by atoms with E-state index in [2.05, 4.69) is 167 Å². The zero-order chi connectivity index (χ0) is 51.4. The number of allylic oxidation sites excluding steroid dienone is 26. The molecule has 0 heterocycles. The molecule has 0 radical (unpaired) electrons. The first-order chi connectivity index (χ1) is 35.0. The molecule has 1 atom stereocenters. The van der Waals surface area contributed by atoms with Crippen LogP contribution in [0, 0.1) is 0 Å². The van der Waals surface area contributed by atoms with E-state index in [4.69, 9.17) is 14.2 Å². The van der Waals surface area contributed by atoms with Gasteiger partial charge in [0.25, 0.3) is 0 Å². The molecule has 0 aromatic rings.